The minimum Gasteiger partial charge on any atom is -0.454 e. The zero-order valence-corrected chi connectivity index (χ0v) is 18.6. The molecule has 0 atom stereocenters. The van der Waals surface area contributed by atoms with E-state index in [0.717, 1.165) is 10.5 Å². The molecule has 0 radical (unpaired) electrons. The summed E-state index contributed by atoms with van der Waals surface area (Å²) < 4.78 is 4.96. The molecule has 1 aliphatic rings. The second-order valence-corrected chi connectivity index (χ2v) is 8.83. The largest absolute Gasteiger partial charge is 0.454 e. The van der Waals surface area contributed by atoms with Gasteiger partial charge in [0, 0.05) is 5.69 Å². The van der Waals surface area contributed by atoms with E-state index in [1.165, 1.54) is 12.1 Å². The van der Waals surface area contributed by atoms with Crippen molar-refractivity contribution in [3.05, 3.63) is 63.1 Å². The summed E-state index contributed by atoms with van der Waals surface area (Å²) >= 11 is 11.8. The summed E-state index contributed by atoms with van der Waals surface area (Å²) in [5, 5.41) is 2.96. The number of imide groups is 1. The molecule has 0 aliphatic carbocycles. The third-order valence-electron chi connectivity index (χ3n) is 4.67. The van der Waals surface area contributed by atoms with Crippen LogP contribution in [0.3, 0.4) is 0 Å². The maximum absolute atomic E-state index is 12.4. The van der Waals surface area contributed by atoms with Crippen molar-refractivity contribution in [3.8, 4) is 0 Å². The normalized spacial score (nSPS) is 13.3. The Morgan fingerprint density at radius 1 is 1.00 bits per heavy atom. The van der Waals surface area contributed by atoms with Gasteiger partial charge in [-0.25, -0.2) is 0 Å². The van der Waals surface area contributed by atoms with Crippen LogP contribution in [0.4, 0.5) is 5.69 Å². The first-order chi connectivity index (χ1) is 14.5. The van der Waals surface area contributed by atoms with Crippen LogP contribution >= 0.6 is 23.2 Å². The molecule has 0 saturated heterocycles. The van der Waals surface area contributed by atoms with E-state index in [2.05, 4.69) is 5.32 Å². The van der Waals surface area contributed by atoms with Crippen molar-refractivity contribution in [2.75, 3.05) is 18.5 Å². The Kier molecular flexibility index (Phi) is 6.38. The van der Waals surface area contributed by atoms with E-state index in [4.69, 9.17) is 27.9 Å². The summed E-state index contributed by atoms with van der Waals surface area (Å²) in [7, 11) is 0. The lowest BCUT2D eigenvalue weighted by Crippen LogP contribution is -2.36. The maximum atomic E-state index is 12.4. The number of nitrogens with one attached hydrogen (secondary N) is 1. The zero-order valence-electron chi connectivity index (χ0n) is 17.1. The number of halogens is 2. The summed E-state index contributed by atoms with van der Waals surface area (Å²) in [5.74, 6) is -2.80. The molecule has 2 aromatic carbocycles. The first kappa shape index (κ1) is 22.8. The van der Waals surface area contributed by atoms with Gasteiger partial charge >= 0.3 is 5.97 Å². The number of carbonyl (C=O) groups excluding carboxylic acids is 4. The number of benzene rings is 2. The van der Waals surface area contributed by atoms with Crippen LogP contribution in [0.15, 0.2) is 36.4 Å². The number of ether oxygens (including phenoxy) is 1. The molecule has 31 heavy (non-hydrogen) atoms. The first-order valence-electron chi connectivity index (χ1n) is 9.39. The molecular weight excluding hydrogens is 443 g/mol. The molecule has 3 rings (SSSR count). The van der Waals surface area contributed by atoms with Crippen molar-refractivity contribution in [2.24, 2.45) is 0 Å². The van der Waals surface area contributed by atoms with Crippen LogP contribution in [-0.2, 0) is 19.7 Å². The molecule has 0 unspecified atom stereocenters. The number of hydrogen-bond donors (Lipinski definition) is 1. The second kappa shape index (κ2) is 8.69. The van der Waals surface area contributed by atoms with Crippen molar-refractivity contribution in [3.63, 3.8) is 0 Å². The molecule has 162 valence electrons. The van der Waals surface area contributed by atoms with E-state index >= 15 is 0 Å². The van der Waals surface area contributed by atoms with Crippen LogP contribution in [-0.4, -0.2) is 41.7 Å². The Labute approximate surface area is 189 Å². The van der Waals surface area contributed by atoms with E-state index in [0.29, 0.717) is 5.69 Å². The van der Waals surface area contributed by atoms with Gasteiger partial charge in [-0.05, 0) is 29.2 Å². The molecule has 1 heterocycles. The Morgan fingerprint density at radius 3 is 2.10 bits per heavy atom. The van der Waals surface area contributed by atoms with Gasteiger partial charge in [-0.1, -0.05) is 62.2 Å². The highest BCUT2D eigenvalue weighted by molar-refractivity contribution is 6.43. The molecule has 2 aromatic rings. The predicted molar refractivity (Wildman–Crippen MR) is 117 cm³/mol. The van der Waals surface area contributed by atoms with E-state index in [1.807, 2.05) is 32.9 Å². The summed E-state index contributed by atoms with van der Waals surface area (Å²) in [4.78, 5) is 50.0. The fourth-order valence-corrected chi connectivity index (χ4v) is 3.51. The molecule has 0 spiro atoms. The van der Waals surface area contributed by atoms with Crippen molar-refractivity contribution in [1.29, 1.82) is 0 Å². The van der Waals surface area contributed by atoms with E-state index in [9.17, 15) is 19.2 Å². The van der Waals surface area contributed by atoms with Crippen LogP contribution in [0.5, 0.6) is 0 Å². The van der Waals surface area contributed by atoms with Gasteiger partial charge in [0.2, 0.25) is 0 Å². The molecule has 7 nitrogen and oxygen atoms in total. The highest BCUT2D eigenvalue weighted by Crippen LogP contribution is 2.31. The minimum absolute atomic E-state index is 0.0590. The molecule has 0 bridgehead atoms. The molecular formula is C22H20Cl2N2O5. The molecule has 3 amide bonds. The third kappa shape index (κ3) is 4.89. The molecule has 1 aliphatic heterocycles. The molecule has 0 aromatic heterocycles. The predicted octanol–water partition coefficient (Wildman–Crippen LogP) is 4.07. The fraction of sp³-hybridized carbons (Fsp3) is 0.273. The van der Waals surface area contributed by atoms with Gasteiger partial charge in [-0.15, -0.1) is 0 Å². The SMILES string of the molecule is CC(C)(C)c1ccccc1NC(=O)COC(=O)CN1C(=O)c2cc(Cl)c(Cl)cc2C1=O. The summed E-state index contributed by atoms with van der Waals surface area (Å²) in [6.45, 7) is 4.85. The van der Waals surface area contributed by atoms with Gasteiger partial charge in [0.1, 0.15) is 6.54 Å². The van der Waals surface area contributed by atoms with Crippen LogP contribution < -0.4 is 5.32 Å². The number of fused-ring (bicyclic) bond motifs is 1. The standard InChI is InChI=1S/C22H20Cl2N2O5/c1-22(2,3)14-6-4-5-7-17(14)25-18(27)11-31-19(28)10-26-20(29)12-8-15(23)16(24)9-13(12)21(26)30/h4-9H,10-11H2,1-3H3,(H,25,27). The van der Waals surface area contributed by atoms with Gasteiger partial charge in [0.05, 0.1) is 21.2 Å². The van der Waals surface area contributed by atoms with Crippen molar-refractivity contribution in [1.82, 2.24) is 4.90 Å². The molecule has 9 heteroatoms. The summed E-state index contributed by atoms with van der Waals surface area (Å²) in [6, 6.07) is 9.89. The van der Waals surface area contributed by atoms with E-state index in [1.54, 1.807) is 12.1 Å². The Hall–Kier alpha value is -2.90. The molecule has 0 saturated carbocycles. The summed E-state index contributed by atoms with van der Waals surface area (Å²) in [6.07, 6.45) is 0. The number of carbonyl (C=O) groups is 4. The minimum atomic E-state index is -0.897. The maximum Gasteiger partial charge on any atom is 0.326 e. The van der Waals surface area contributed by atoms with Crippen molar-refractivity contribution < 1.29 is 23.9 Å². The summed E-state index contributed by atoms with van der Waals surface area (Å²) in [5.41, 5.74) is 1.47. The smallest absolute Gasteiger partial charge is 0.326 e. The van der Waals surface area contributed by atoms with Crippen LogP contribution in [0.2, 0.25) is 10.0 Å². The quantitative estimate of drug-likeness (QED) is 0.533. The number of para-hydroxylation sites is 1. The van der Waals surface area contributed by atoms with Crippen LogP contribution in [0.1, 0.15) is 47.1 Å². The van der Waals surface area contributed by atoms with Gasteiger partial charge < -0.3 is 10.1 Å². The molecule has 0 fully saturated rings. The highest BCUT2D eigenvalue weighted by atomic mass is 35.5. The number of hydrogen-bond acceptors (Lipinski definition) is 5. The second-order valence-electron chi connectivity index (χ2n) is 8.01. The lowest BCUT2D eigenvalue weighted by atomic mass is 9.86. The van der Waals surface area contributed by atoms with Crippen LogP contribution in [0.25, 0.3) is 0 Å². The highest BCUT2D eigenvalue weighted by Gasteiger charge is 2.37. The van der Waals surface area contributed by atoms with Crippen molar-refractivity contribution in [2.45, 2.75) is 26.2 Å². The molecule has 1 N–H and O–H groups in total. The number of nitrogens with zero attached hydrogens (tertiary/aromatic N) is 1. The third-order valence-corrected chi connectivity index (χ3v) is 5.39. The number of esters is 1. The zero-order chi connectivity index (χ0) is 22.9. The monoisotopic (exact) mass is 462 g/mol. The lowest BCUT2D eigenvalue weighted by molar-refractivity contribution is -0.147. The fourth-order valence-electron chi connectivity index (χ4n) is 3.18. The Balaban J connectivity index is 1.60. The van der Waals surface area contributed by atoms with E-state index < -0.39 is 36.8 Å². The van der Waals surface area contributed by atoms with E-state index in [-0.39, 0.29) is 26.6 Å². The van der Waals surface area contributed by atoms with Gasteiger partial charge in [0.25, 0.3) is 17.7 Å². The topological polar surface area (TPSA) is 92.8 Å². The first-order valence-corrected chi connectivity index (χ1v) is 10.1. The van der Waals surface area contributed by atoms with Gasteiger partial charge in [-0.2, -0.15) is 0 Å². The number of rotatable bonds is 5. The van der Waals surface area contributed by atoms with Crippen molar-refractivity contribution >= 4 is 52.6 Å². The Morgan fingerprint density at radius 2 is 1.55 bits per heavy atom. The lowest BCUT2D eigenvalue weighted by Gasteiger charge is -2.23. The average molecular weight is 463 g/mol. The number of amides is 3. The number of anilines is 1. The Bertz CT molecular complexity index is 1050. The van der Waals surface area contributed by atoms with Gasteiger partial charge in [-0.3, -0.25) is 24.1 Å². The van der Waals surface area contributed by atoms with Gasteiger partial charge in [0.15, 0.2) is 6.61 Å². The average Bonchev–Trinajstić information content (AvgIpc) is 2.91. The van der Waals surface area contributed by atoms with Crippen LogP contribution in [0, 0.1) is 0 Å².